The van der Waals surface area contributed by atoms with Gasteiger partial charge in [-0.3, -0.25) is 9.69 Å². The van der Waals surface area contributed by atoms with Gasteiger partial charge in [-0.1, -0.05) is 0 Å². The largest absolute Gasteiger partial charge is 0.497 e. The standard InChI is InChI=1S/C13H15NO4/c1-17-10-5-3-9(4-6-10)14-11(13(16)18-2)7-8-12(14)15/h3-6,11H,7-8H2,1-2H3/t11-/m1/s1. The fourth-order valence-electron chi connectivity index (χ4n) is 2.11. The molecule has 1 aromatic rings. The summed E-state index contributed by atoms with van der Waals surface area (Å²) in [4.78, 5) is 25.0. The van der Waals surface area contributed by atoms with E-state index in [9.17, 15) is 9.59 Å². The molecule has 0 unspecified atom stereocenters. The van der Waals surface area contributed by atoms with Crippen molar-refractivity contribution in [2.45, 2.75) is 18.9 Å². The Hall–Kier alpha value is -2.04. The fourth-order valence-corrected chi connectivity index (χ4v) is 2.11. The number of amides is 1. The van der Waals surface area contributed by atoms with E-state index in [2.05, 4.69) is 0 Å². The van der Waals surface area contributed by atoms with Crippen molar-refractivity contribution in [1.29, 1.82) is 0 Å². The first kappa shape index (κ1) is 12.4. The van der Waals surface area contributed by atoms with Crippen molar-refractivity contribution < 1.29 is 19.1 Å². The van der Waals surface area contributed by atoms with Crippen LogP contribution in [0.25, 0.3) is 0 Å². The van der Waals surface area contributed by atoms with Gasteiger partial charge in [-0.15, -0.1) is 0 Å². The molecule has 1 aliphatic rings. The number of carbonyl (C=O) groups excluding carboxylic acids is 2. The third-order valence-electron chi connectivity index (χ3n) is 3.04. The first-order valence-electron chi connectivity index (χ1n) is 5.71. The van der Waals surface area contributed by atoms with Gasteiger partial charge in [0.25, 0.3) is 0 Å². The zero-order chi connectivity index (χ0) is 13.1. The van der Waals surface area contributed by atoms with E-state index < -0.39 is 6.04 Å². The molecule has 18 heavy (non-hydrogen) atoms. The van der Waals surface area contributed by atoms with Crippen LogP contribution in [0.5, 0.6) is 5.75 Å². The van der Waals surface area contributed by atoms with E-state index >= 15 is 0 Å². The van der Waals surface area contributed by atoms with Crippen LogP contribution in [0.4, 0.5) is 5.69 Å². The number of anilines is 1. The van der Waals surface area contributed by atoms with Crippen molar-refractivity contribution in [3.05, 3.63) is 24.3 Å². The first-order chi connectivity index (χ1) is 8.67. The zero-order valence-corrected chi connectivity index (χ0v) is 10.4. The van der Waals surface area contributed by atoms with Crippen molar-refractivity contribution in [2.75, 3.05) is 19.1 Å². The lowest BCUT2D eigenvalue weighted by Gasteiger charge is -2.22. The highest BCUT2D eigenvalue weighted by molar-refractivity contribution is 6.02. The van der Waals surface area contributed by atoms with Crippen LogP contribution in [0.3, 0.4) is 0 Å². The summed E-state index contributed by atoms with van der Waals surface area (Å²) in [5.41, 5.74) is 0.689. The molecule has 2 rings (SSSR count). The van der Waals surface area contributed by atoms with Gasteiger partial charge in [-0.2, -0.15) is 0 Å². The van der Waals surface area contributed by atoms with Crippen molar-refractivity contribution in [3.8, 4) is 5.75 Å². The van der Waals surface area contributed by atoms with Crippen LogP contribution in [0, 0.1) is 0 Å². The maximum Gasteiger partial charge on any atom is 0.328 e. The molecule has 0 radical (unpaired) electrons. The van der Waals surface area contributed by atoms with Gasteiger partial charge in [-0.05, 0) is 30.7 Å². The number of carbonyl (C=O) groups is 2. The Labute approximate surface area is 105 Å². The molecule has 0 N–H and O–H groups in total. The number of hydrogen-bond acceptors (Lipinski definition) is 4. The molecule has 1 atom stereocenters. The Kier molecular flexibility index (Phi) is 3.50. The SMILES string of the molecule is COC(=O)[C@H]1CCC(=O)N1c1ccc(OC)cc1. The highest BCUT2D eigenvalue weighted by Gasteiger charge is 2.37. The van der Waals surface area contributed by atoms with Crippen LogP contribution in [0.15, 0.2) is 24.3 Å². The molecule has 1 heterocycles. The minimum absolute atomic E-state index is 0.0597. The minimum atomic E-state index is -0.518. The molecular weight excluding hydrogens is 234 g/mol. The molecule has 0 aromatic heterocycles. The van der Waals surface area contributed by atoms with Gasteiger partial charge < -0.3 is 9.47 Å². The van der Waals surface area contributed by atoms with Gasteiger partial charge in [0, 0.05) is 12.1 Å². The second-order valence-corrected chi connectivity index (χ2v) is 4.04. The highest BCUT2D eigenvalue weighted by atomic mass is 16.5. The lowest BCUT2D eigenvalue weighted by Crippen LogP contribution is -2.39. The average molecular weight is 249 g/mol. The maximum atomic E-state index is 11.8. The molecule has 0 aliphatic carbocycles. The van der Waals surface area contributed by atoms with Crippen molar-refractivity contribution in [2.24, 2.45) is 0 Å². The number of ether oxygens (including phenoxy) is 2. The Morgan fingerprint density at radius 2 is 1.94 bits per heavy atom. The molecule has 5 heteroatoms. The Bertz CT molecular complexity index is 455. The second kappa shape index (κ2) is 5.08. The molecule has 96 valence electrons. The average Bonchev–Trinajstić information content (AvgIpc) is 2.80. The summed E-state index contributed by atoms with van der Waals surface area (Å²) < 4.78 is 9.78. The molecule has 1 aliphatic heterocycles. The number of methoxy groups -OCH3 is 2. The van der Waals surface area contributed by atoms with Gasteiger partial charge in [0.05, 0.1) is 14.2 Å². The van der Waals surface area contributed by atoms with E-state index in [1.54, 1.807) is 31.4 Å². The molecule has 0 spiro atoms. The van der Waals surface area contributed by atoms with Crippen molar-refractivity contribution >= 4 is 17.6 Å². The summed E-state index contributed by atoms with van der Waals surface area (Å²) in [5, 5.41) is 0. The number of hydrogen-bond donors (Lipinski definition) is 0. The number of rotatable bonds is 3. The third-order valence-corrected chi connectivity index (χ3v) is 3.04. The first-order valence-corrected chi connectivity index (χ1v) is 5.71. The highest BCUT2D eigenvalue weighted by Crippen LogP contribution is 2.28. The molecular formula is C13H15NO4. The lowest BCUT2D eigenvalue weighted by molar-refractivity contribution is -0.142. The van der Waals surface area contributed by atoms with Gasteiger partial charge in [0.2, 0.25) is 5.91 Å². The number of benzene rings is 1. The van der Waals surface area contributed by atoms with E-state index in [1.165, 1.54) is 12.0 Å². The van der Waals surface area contributed by atoms with Gasteiger partial charge >= 0.3 is 5.97 Å². The van der Waals surface area contributed by atoms with E-state index in [0.717, 1.165) is 0 Å². The molecule has 1 amide bonds. The predicted octanol–water partition coefficient (Wildman–Crippen LogP) is 1.36. The summed E-state index contributed by atoms with van der Waals surface area (Å²) in [6.45, 7) is 0. The van der Waals surface area contributed by atoms with Crippen LogP contribution in [-0.2, 0) is 14.3 Å². The monoisotopic (exact) mass is 249 g/mol. The number of nitrogens with zero attached hydrogens (tertiary/aromatic N) is 1. The van der Waals surface area contributed by atoms with Crippen molar-refractivity contribution in [3.63, 3.8) is 0 Å². The van der Waals surface area contributed by atoms with Crippen LogP contribution >= 0.6 is 0 Å². The zero-order valence-electron chi connectivity index (χ0n) is 10.4. The minimum Gasteiger partial charge on any atom is -0.497 e. The smallest absolute Gasteiger partial charge is 0.328 e. The summed E-state index contributed by atoms with van der Waals surface area (Å²) in [7, 11) is 2.91. The summed E-state index contributed by atoms with van der Waals surface area (Å²) in [5.74, 6) is 0.271. The summed E-state index contributed by atoms with van der Waals surface area (Å²) >= 11 is 0. The van der Waals surface area contributed by atoms with Crippen molar-refractivity contribution in [1.82, 2.24) is 0 Å². The number of esters is 1. The summed E-state index contributed by atoms with van der Waals surface area (Å²) in [6, 6.07) is 6.52. The predicted molar refractivity (Wildman–Crippen MR) is 65.5 cm³/mol. The van der Waals surface area contributed by atoms with E-state index in [0.29, 0.717) is 24.3 Å². The van der Waals surface area contributed by atoms with Gasteiger partial charge in [-0.25, -0.2) is 4.79 Å². The van der Waals surface area contributed by atoms with E-state index in [1.807, 2.05) is 0 Å². The molecule has 1 fully saturated rings. The molecule has 1 aromatic carbocycles. The Morgan fingerprint density at radius 1 is 1.28 bits per heavy atom. The topological polar surface area (TPSA) is 55.8 Å². The van der Waals surface area contributed by atoms with E-state index in [4.69, 9.17) is 9.47 Å². The van der Waals surface area contributed by atoms with Gasteiger partial charge in [0.1, 0.15) is 11.8 Å². The maximum absolute atomic E-state index is 11.8. The van der Waals surface area contributed by atoms with Crippen LogP contribution in [0.2, 0.25) is 0 Å². The fraction of sp³-hybridized carbons (Fsp3) is 0.385. The molecule has 1 saturated heterocycles. The molecule has 5 nitrogen and oxygen atoms in total. The molecule has 0 bridgehead atoms. The lowest BCUT2D eigenvalue weighted by atomic mass is 10.2. The molecule has 0 saturated carbocycles. The van der Waals surface area contributed by atoms with Crippen LogP contribution in [0.1, 0.15) is 12.8 Å². The van der Waals surface area contributed by atoms with Crippen LogP contribution < -0.4 is 9.64 Å². The quantitative estimate of drug-likeness (QED) is 0.759. The Balaban J connectivity index is 2.27. The van der Waals surface area contributed by atoms with Crippen LogP contribution in [-0.4, -0.2) is 32.1 Å². The summed E-state index contributed by atoms with van der Waals surface area (Å²) in [6.07, 6.45) is 0.864. The van der Waals surface area contributed by atoms with Gasteiger partial charge in [0.15, 0.2) is 0 Å². The van der Waals surface area contributed by atoms with E-state index in [-0.39, 0.29) is 11.9 Å². The normalized spacial score (nSPS) is 18.9. The Morgan fingerprint density at radius 3 is 2.50 bits per heavy atom. The second-order valence-electron chi connectivity index (χ2n) is 4.04. The third kappa shape index (κ3) is 2.16.